The van der Waals surface area contributed by atoms with Crippen LogP contribution in [-0.2, 0) is 17.8 Å². The van der Waals surface area contributed by atoms with E-state index in [4.69, 9.17) is 5.11 Å². The standard InChI is InChI=1S/C22H28FN5O3/c1-22(2)6-7-28-18(10-22)16(11-25-28)15-9-19(24-12-17(15)23)27-20(29)13-4-3-5-14(8-13)26-21(30)31/h9,11-14,26H,3-8,10H2,1-2H3,(H,30,31)(H,24,27,29)/t13-,14+/m0/s1. The van der Waals surface area contributed by atoms with Crippen LogP contribution in [0.4, 0.5) is 15.0 Å². The monoisotopic (exact) mass is 429 g/mol. The van der Waals surface area contributed by atoms with Crippen molar-refractivity contribution in [3.05, 3.63) is 30.0 Å². The van der Waals surface area contributed by atoms with Gasteiger partial charge in [-0.25, -0.2) is 14.2 Å². The summed E-state index contributed by atoms with van der Waals surface area (Å²) in [5, 5.41) is 18.6. The van der Waals surface area contributed by atoms with Gasteiger partial charge in [0.25, 0.3) is 0 Å². The lowest BCUT2D eigenvalue weighted by Crippen LogP contribution is -2.40. The van der Waals surface area contributed by atoms with E-state index in [0.717, 1.165) is 49.7 Å². The Morgan fingerprint density at radius 3 is 2.84 bits per heavy atom. The number of nitrogens with one attached hydrogen (secondary N) is 2. The van der Waals surface area contributed by atoms with Gasteiger partial charge in [-0.2, -0.15) is 5.10 Å². The first-order chi connectivity index (χ1) is 14.7. The Bertz CT molecular complexity index is 1000. The molecule has 2 aliphatic rings. The Hall–Kier alpha value is -2.97. The van der Waals surface area contributed by atoms with E-state index in [0.29, 0.717) is 18.4 Å². The van der Waals surface area contributed by atoms with E-state index >= 15 is 0 Å². The lowest BCUT2D eigenvalue weighted by Gasteiger charge is -2.30. The quantitative estimate of drug-likeness (QED) is 0.685. The van der Waals surface area contributed by atoms with Gasteiger partial charge in [0.15, 0.2) is 0 Å². The number of pyridine rings is 1. The molecule has 0 radical (unpaired) electrons. The highest BCUT2D eigenvalue weighted by atomic mass is 19.1. The van der Waals surface area contributed by atoms with Crippen LogP contribution in [0.25, 0.3) is 11.1 Å². The van der Waals surface area contributed by atoms with E-state index in [1.807, 2.05) is 4.68 Å². The average molecular weight is 429 g/mol. The maximum absolute atomic E-state index is 14.7. The second-order valence-corrected chi connectivity index (χ2v) is 9.37. The molecule has 0 saturated heterocycles. The molecule has 3 heterocycles. The van der Waals surface area contributed by atoms with Crippen molar-refractivity contribution >= 4 is 17.8 Å². The summed E-state index contributed by atoms with van der Waals surface area (Å²) in [5.74, 6) is -0.712. The molecule has 2 aromatic rings. The fourth-order valence-electron chi connectivity index (χ4n) is 4.64. The number of carboxylic acid groups (broad SMARTS) is 1. The molecule has 0 bridgehead atoms. The molecule has 0 unspecified atom stereocenters. The van der Waals surface area contributed by atoms with E-state index in [-0.39, 0.29) is 29.1 Å². The number of nitrogens with zero attached hydrogens (tertiary/aromatic N) is 3. The largest absolute Gasteiger partial charge is 0.465 e. The van der Waals surface area contributed by atoms with Gasteiger partial charge in [-0.1, -0.05) is 20.3 Å². The third-order valence-electron chi connectivity index (χ3n) is 6.36. The lowest BCUT2D eigenvalue weighted by molar-refractivity contribution is -0.121. The van der Waals surface area contributed by atoms with Crippen LogP contribution in [0.3, 0.4) is 0 Å². The summed E-state index contributed by atoms with van der Waals surface area (Å²) < 4.78 is 16.6. The van der Waals surface area contributed by atoms with Crippen molar-refractivity contribution < 1.29 is 19.1 Å². The van der Waals surface area contributed by atoms with E-state index in [2.05, 4.69) is 34.6 Å². The van der Waals surface area contributed by atoms with Crippen LogP contribution in [0.2, 0.25) is 0 Å². The third-order valence-corrected chi connectivity index (χ3v) is 6.36. The lowest BCUT2D eigenvalue weighted by atomic mass is 9.81. The highest BCUT2D eigenvalue weighted by Gasteiger charge is 2.30. The Morgan fingerprint density at radius 2 is 2.06 bits per heavy atom. The van der Waals surface area contributed by atoms with Crippen molar-refractivity contribution in [2.75, 3.05) is 5.32 Å². The SMILES string of the molecule is CC1(C)CCn2ncc(-c3cc(NC(=O)[C@H]4CCC[C@@H](NC(=O)O)C4)ncc3F)c2C1. The smallest absolute Gasteiger partial charge is 0.404 e. The molecule has 1 fully saturated rings. The number of anilines is 1. The zero-order valence-corrected chi connectivity index (χ0v) is 17.8. The molecule has 8 nitrogen and oxygen atoms in total. The van der Waals surface area contributed by atoms with Crippen molar-refractivity contribution in [2.24, 2.45) is 11.3 Å². The van der Waals surface area contributed by atoms with Gasteiger partial charge >= 0.3 is 6.09 Å². The van der Waals surface area contributed by atoms with Gasteiger partial charge in [-0.15, -0.1) is 0 Å². The van der Waals surface area contributed by atoms with E-state index < -0.39 is 11.9 Å². The molecule has 166 valence electrons. The van der Waals surface area contributed by atoms with E-state index in [9.17, 15) is 14.0 Å². The molecule has 1 aliphatic heterocycles. The van der Waals surface area contributed by atoms with E-state index in [1.165, 1.54) is 0 Å². The zero-order chi connectivity index (χ0) is 22.2. The maximum Gasteiger partial charge on any atom is 0.404 e. The summed E-state index contributed by atoms with van der Waals surface area (Å²) in [6.07, 6.45) is 6.15. The van der Waals surface area contributed by atoms with Crippen LogP contribution < -0.4 is 10.6 Å². The predicted octanol–water partition coefficient (Wildman–Crippen LogP) is 3.82. The van der Waals surface area contributed by atoms with Crippen LogP contribution in [0.5, 0.6) is 0 Å². The molecule has 3 N–H and O–H groups in total. The van der Waals surface area contributed by atoms with Crippen LogP contribution in [0.1, 0.15) is 51.6 Å². The van der Waals surface area contributed by atoms with Crippen molar-refractivity contribution in [2.45, 2.75) is 65.0 Å². The molecule has 9 heteroatoms. The molecule has 1 saturated carbocycles. The summed E-state index contributed by atoms with van der Waals surface area (Å²) in [5.41, 5.74) is 2.21. The second kappa shape index (κ2) is 8.28. The van der Waals surface area contributed by atoms with Crippen molar-refractivity contribution in [1.82, 2.24) is 20.1 Å². The topological polar surface area (TPSA) is 109 Å². The number of amides is 2. The minimum atomic E-state index is -1.08. The number of halogens is 1. The number of carbonyl (C=O) groups is 2. The summed E-state index contributed by atoms with van der Waals surface area (Å²) in [4.78, 5) is 27.7. The van der Waals surface area contributed by atoms with Crippen molar-refractivity contribution in [1.29, 1.82) is 0 Å². The Labute approximate surface area is 180 Å². The zero-order valence-electron chi connectivity index (χ0n) is 17.8. The van der Waals surface area contributed by atoms with Crippen molar-refractivity contribution in [3.8, 4) is 11.1 Å². The Morgan fingerprint density at radius 1 is 1.26 bits per heavy atom. The first-order valence-electron chi connectivity index (χ1n) is 10.7. The molecule has 0 aromatic carbocycles. The minimum Gasteiger partial charge on any atom is -0.465 e. The number of aryl methyl sites for hydroxylation is 1. The van der Waals surface area contributed by atoms with Gasteiger partial charge in [-0.05, 0) is 43.6 Å². The number of hydrogen-bond acceptors (Lipinski definition) is 4. The van der Waals surface area contributed by atoms with Gasteiger partial charge in [0.1, 0.15) is 11.6 Å². The van der Waals surface area contributed by atoms with Crippen LogP contribution in [-0.4, -0.2) is 37.9 Å². The maximum atomic E-state index is 14.7. The first kappa shape index (κ1) is 21.3. The van der Waals surface area contributed by atoms with E-state index in [1.54, 1.807) is 12.3 Å². The van der Waals surface area contributed by atoms with Crippen molar-refractivity contribution in [3.63, 3.8) is 0 Å². The molecule has 1 aliphatic carbocycles. The number of aromatic nitrogens is 3. The molecule has 0 spiro atoms. The second-order valence-electron chi connectivity index (χ2n) is 9.37. The van der Waals surface area contributed by atoms with Gasteiger partial charge in [-0.3, -0.25) is 9.48 Å². The molecule has 31 heavy (non-hydrogen) atoms. The molecular formula is C22H28FN5O3. The highest BCUT2D eigenvalue weighted by molar-refractivity contribution is 5.92. The Balaban J connectivity index is 1.52. The van der Waals surface area contributed by atoms with Gasteiger partial charge in [0.2, 0.25) is 5.91 Å². The van der Waals surface area contributed by atoms with Crippen LogP contribution in [0, 0.1) is 17.2 Å². The minimum absolute atomic E-state index is 0.118. The number of rotatable bonds is 4. The van der Waals surface area contributed by atoms with Gasteiger partial charge < -0.3 is 15.7 Å². The fourth-order valence-corrected chi connectivity index (χ4v) is 4.64. The predicted molar refractivity (Wildman–Crippen MR) is 113 cm³/mol. The molecule has 2 amide bonds. The normalized spacial score (nSPS) is 22.4. The fraction of sp³-hybridized carbons (Fsp3) is 0.545. The molecule has 2 aromatic heterocycles. The third kappa shape index (κ3) is 4.70. The number of fused-ring (bicyclic) bond motifs is 1. The molecular weight excluding hydrogens is 401 g/mol. The summed E-state index contributed by atoms with van der Waals surface area (Å²) >= 11 is 0. The summed E-state index contributed by atoms with van der Waals surface area (Å²) in [6, 6.07) is 1.32. The first-order valence-corrected chi connectivity index (χ1v) is 10.7. The average Bonchev–Trinajstić information content (AvgIpc) is 3.10. The number of hydrogen-bond donors (Lipinski definition) is 3. The van der Waals surface area contributed by atoms with Gasteiger partial charge in [0.05, 0.1) is 12.4 Å². The Kier molecular flexibility index (Phi) is 5.68. The molecule has 4 rings (SSSR count). The number of carbonyl (C=O) groups excluding carboxylic acids is 1. The summed E-state index contributed by atoms with van der Waals surface area (Å²) in [7, 11) is 0. The highest BCUT2D eigenvalue weighted by Crippen LogP contribution is 2.37. The van der Waals surface area contributed by atoms with Crippen LogP contribution >= 0.6 is 0 Å². The van der Waals surface area contributed by atoms with Crippen LogP contribution in [0.15, 0.2) is 18.5 Å². The molecule has 2 atom stereocenters. The summed E-state index contributed by atoms with van der Waals surface area (Å²) in [6.45, 7) is 5.18. The van der Waals surface area contributed by atoms with Gasteiger partial charge in [0, 0.05) is 35.3 Å².